The molecule has 0 aliphatic carbocycles. The summed E-state index contributed by atoms with van der Waals surface area (Å²) in [5.41, 5.74) is 2.46. The first-order valence-corrected chi connectivity index (χ1v) is 11.3. The Kier molecular flexibility index (Phi) is 8.97. The minimum absolute atomic E-state index is 0.242. The molecule has 31 heavy (non-hydrogen) atoms. The van der Waals surface area contributed by atoms with Gasteiger partial charge >= 0.3 is 0 Å². The smallest absolute Gasteiger partial charge is 0.191 e. The second-order valence-corrected chi connectivity index (χ2v) is 7.77. The molecule has 2 aromatic rings. The number of para-hydroxylation sites is 1. The third-order valence-corrected chi connectivity index (χ3v) is 5.46. The second-order valence-electron chi connectivity index (χ2n) is 7.77. The van der Waals surface area contributed by atoms with E-state index in [2.05, 4.69) is 80.7 Å². The average molecular weight is 425 g/mol. The minimum atomic E-state index is 0.242. The van der Waals surface area contributed by atoms with Crippen molar-refractivity contribution in [2.24, 2.45) is 4.99 Å². The van der Waals surface area contributed by atoms with Crippen LogP contribution in [0.2, 0.25) is 0 Å². The van der Waals surface area contributed by atoms with Crippen LogP contribution >= 0.6 is 0 Å². The molecule has 7 nitrogen and oxygen atoms in total. The molecule has 0 saturated carbocycles. The van der Waals surface area contributed by atoms with Crippen molar-refractivity contribution in [3.8, 4) is 0 Å². The minimum Gasteiger partial charge on any atom is -0.375 e. The van der Waals surface area contributed by atoms with E-state index < -0.39 is 0 Å². The first-order valence-electron chi connectivity index (χ1n) is 11.3. The predicted octanol–water partition coefficient (Wildman–Crippen LogP) is 2.89. The molecule has 7 heteroatoms. The molecule has 0 bridgehead atoms. The van der Waals surface area contributed by atoms with E-state index in [1.54, 1.807) is 0 Å². The maximum absolute atomic E-state index is 5.64. The van der Waals surface area contributed by atoms with Crippen LogP contribution in [0.3, 0.4) is 0 Å². The van der Waals surface area contributed by atoms with Crippen molar-refractivity contribution in [2.45, 2.75) is 32.9 Å². The van der Waals surface area contributed by atoms with Crippen LogP contribution in [0.15, 0.2) is 53.7 Å². The molecule has 1 fully saturated rings. The molecular formula is C24H36N6O. The fraction of sp³-hybridized carbons (Fsp3) is 0.500. The number of morpholine rings is 1. The zero-order chi connectivity index (χ0) is 21.9. The van der Waals surface area contributed by atoms with E-state index in [1.807, 2.05) is 19.3 Å². The summed E-state index contributed by atoms with van der Waals surface area (Å²) in [7, 11) is 1.81. The first kappa shape index (κ1) is 22.9. The van der Waals surface area contributed by atoms with Crippen LogP contribution in [-0.4, -0.2) is 63.4 Å². The maximum atomic E-state index is 5.64. The number of aromatic nitrogens is 1. The SMILES string of the molecule is CCN(CCCNC(=NC)NCc1ccnc(N2CCOC(C)C2)c1)c1ccccc1. The molecule has 0 radical (unpaired) electrons. The normalized spacial score (nSPS) is 16.8. The number of nitrogens with one attached hydrogen (secondary N) is 2. The molecular weight excluding hydrogens is 388 g/mol. The average Bonchev–Trinajstić information content (AvgIpc) is 2.82. The zero-order valence-corrected chi connectivity index (χ0v) is 19.1. The van der Waals surface area contributed by atoms with Gasteiger partial charge in [0.15, 0.2) is 5.96 Å². The molecule has 1 unspecified atom stereocenters. The fourth-order valence-electron chi connectivity index (χ4n) is 3.76. The van der Waals surface area contributed by atoms with Gasteiger partial charge in [0.05, 0.1) is 12.7 Å². The summed E-state index contributed by atoms with van der Waals surface area (Å²) in [6, 6.07) is 14.8. The van der Waals surface area contributed by atoms with Crippen LogP contribution in [0.1, 0.15) is 25.8 Å². The van der Waals surface area contributed by atoms with Gasteiger partial charge in [-0.15, -0.1) is 0 Å². The van der Waals surface area contributed by atoms with Crippen LogP contribution < -0.4 is 20.4 Å². The van der Waals surface area contributed by atoms with Crippen molar-refractivity contribution in [3.63, 3.8) is 0 Å². The number of anilines is 2. The second kappa shape index (κ2) is 12.2. The van der Waals surface area contributed by atoms with Crippen LogP contribution in [0, 0.1) is 0 Å². The van der Waals surface area contributed by atoms with Crippen molar-refractivity contribution in [2.75, 3.05) is 56.2 Å². The van der Waals surface area contributed by atoms with Crippen LogP contribution in [0.5, 0.6) is 0 Å². The highest BCUT2D eigenvalue weighted by Crippen LogP contribution is 2.16. The molecule has 1 aliphatic rings. The Balaban J connectivity index is 1.43. The van der Waals surface area contributed by atoms with Gasteiger partial charge in [-0.3, -0.25) is 4.99 Å². The van der Waals surface area contributed by atoms with E-state index in [0.717, 1.165) is 57.5 Å². The molecule has 2 N–H and O–H groups in total. The monoisotopic (exact) mass is 424 g/mol. The van der Waals surface area contributed by atoms with Crippen LogP contribution in [-0.2, 0) is 11.3 Å². The number of hydrogen-bond acceptors (Lipinski definition) is 5. The van der Waals surface area contributed by atoms with Gasteiger partial charge in [0.2, 0.25) is 0 Å². The number of rotatable bonds is 9. The van der Waals surface area contributed by atoms with E-state index in [4.69, 9.17) is 4.74 Å². The zero-order valence-electron chi connectivity index (χ0n) is 19.1. The Bertz CT molecular complexity index is 813. The number of nitrogens with zero attached hydrogens (tertiary/aromatic N) is 4. The van der Waals surface area contributed by atoms with E-state index in [0.29, 0.717) is 6.54 Å². The summed E-state index contributed by atoms with van der Waals surface area (Å²) in [6.07, 6.45) is 3.16. The largest absolute Gasteiger partial charge is 0.375 e. The highest BCUT2D eigenvalue weighted by molar-refractivity contribution is 5.79. The molecule has 1 aliphatic heterocycles. The molecule has 1 saturated heterocycles. The Hall–Kier alpha value is -2.80. The molecule has 2 heterocycles. The predicted molar refractivity (Wildman–Crippen MR) is 129 cm³/mol. The van der Waals surface area contributed by atoms with Gasteiger partial charge in [-0.25, -0.2) is 4.98 Å². The Morgan fingerprint density at radius 3 is 2.84 bits per heavy atom. The van der Waals surface area contributed by atoms with E-state index in [-0.39, 0.29) is 6.10 Å². The number of guanidine groups is 1. The maximum Gasteiger partial charge on any atom is 0.191 e. The number of benzene rings is 1. The number of pyridine rings is 1. The van der Waals surface area contributed by atoms with Gasteiger partial charge in [-0.05, 0) is 50.1 Å². The van der Waals surface area contributed by atoms with Crippen LogP contribution in [0.4, 0.5) is 11.5 Å². The van der Waals surface area contributed by atoms with Crippen molar-refractivity contribution in [1.29, 1.82) is 0 Å². The molecule has 0 amide bonds. The molecule has 1 aromatic carbocycles. The number of hydrogen-bond donors (Lipinski definition) is 2. The summed E-state index contributed by atoms with van der Waals surface area (Å²) in [4.78, 5) is 13.6. The summed E-state index contributed by atoms with van der Waals surface area (Å²) >= 11 is 0. The highest BCUT2D eigenvalue weighted by atomic mass is 16.5. The van der Waals surface area contributed by atoms with Gasteiger partial charge in [0.25, 0.3) is 0 Å². The van der Waals surface area contributed by atoms with E-state index in [1.165, 1.54) is 11.3 Å². The molecule has 0 spiro atoms. The molecule has 1 aromatic heterocycles. The third kappa shape index (κ3) is 7.14. The fourth-order valence-corrected chi connectivity index (χ4v) is 3.76. The van der Waals surface area contributed by atoms with Crippen molar-refractivity contribution < 1.29 is 4.74 Å². The Morgan fingerprint density at radius 1 is 1.26 bits per heavy atom. The first-order chi connectivity index (χ1) is 15.2. The third-order valence-electron chi connectivity index (χ3n) is 5.46. The van der Waals surface area contributed by atoms with Gasteiger partial charge in [0, 0.05) is 58.2 Å². The van der Waals surface area contributed by atoms with Gasteiger partial charge in [-0.2, -0.15) is 0 Å². The lowest BCUT2D eigenvalue weighted by molar-refractivity contribution is 0.0529. The van der Waals surface area contributed by atoms with Crippen molar-refractivity contribution in [1.82, 2.24) is 15.6 Å². The van der Waals surface area contributed by atoms with Crippen LogP contribution in [0.25, 0.3) is 0 Å². The van der Waals surface area contributed by atoms with Gasteiger partial charge < -0.3 is 25.2 Å². The van der Waals surface area contributed by atoms with E-state index in [9.17, 15) is 0 Å². The van der Waals surface area contributed by atoms with Crippen molar-refractivity contribution in [3.05, 3.63) is 54.2 Å². The summed E-state index contributed by atoms with van der Waals surface area (Å²) in [6.45, 7) is 10.4. The lowest BCUT2D eigenvalue weighted by Gasteiger charge is -2.32. The lowest BCUT2D eigenvalue weighted by Crippen LogP contribution is -2.41. The van der Waals surface area contributed by atoms with Gasteiger partial charge in [0.1, 0.15) is 5.82 Å². The summed E-state index contributed by atoms with van der Waals surface area (Å²) in [5, 5.41) is 6.84. The number of aliphatic imine (C=N–C) groups is 1. The standard InChI is InChI=1S/C24H36N6O/c1-4-29(22-9-6-5-7-10-22)14-8-12-27-24(25-3)28-18-21-11-13-26-23(17-21)30-15-16-31-20(2)19-30/h5-7,9-11,13,17,20H,4,8,12,14-16,18-19H2,1-3H3,(H2,25,27,28). The molecule has 168 valence electrons. The lowest BCUT2D eigenvalue weighted by atomic mass is 10.2. The highest BCUT2D eigenvalue weighted by Gasteiger charge is 2.18. The number of ether oxygens (including phenoxy) is 1. The molecule has 1 atom stereocenters. The summed E-state index contributed by atoms with van der Waals surface area (Å²) < 4.78 is 5.64. The molecule has 3 rings (SSSR count). The topological polar surface area (TPSA) is 65.0 Å². The van der Waals surface area contributed by atoms with E-state index >= 15 is 0 Å². The Labute approximate surface area is 186 Å². The van der Waals surface area contributed by atoms with Gasteiger partial charge in [-0.1, -0.05) is 18.2 Å². The quantitative estimate of drug-likeness (QED) is 0.367. The summed E-state index contributed by atoms with van der Waals surface area (Å²) in [5.74, 6) is 1.83. The van der Waals surface area contributed by atoms with Crippen molar-refractivity contribution >= 4 is 17.5 Å². The Morgan fingerprint density at radius 2 is 2.10 bits per heavy atom.